The second kappa shape index (κ2) is 10.6. The number of carbonyl (C=O) groups excluding carboxylic acids is 1. The van der Waals surface area contributed by atoms with Gasteiger partial charge in [-0.3, -0.25) is 4.79 Å². The van der Waals surface area contributed by atoms with Crippen LogP contribution in [0.3, 0.4) is 0 Å². The number of benzene rings is 2. The van der Waals surface area contributed by atoms with E-state index in [1.807, 2.05) is 40.7 Å². The summed E-state index contributed by atoms with van der Waals surface area (Å²) >= 11 is 1.45. The lowest BCUT2D eigenvalue weighted by atomic mass is 10.1. The Hall–Kier alpha value is -3.59. The minimum absolute atomic E-state index is 0.0585. The molecule has 2 heterocycles. The average Bonchev–Trinajstić information content (AvgIpc) is 3.41. The van der Waals surface area contributed by atoms with Crippen molar-refractivity contribution in [2.45, 2.75) is 46.2 Å². The van der Waals surface area contributed by atoms with Gasteiger partial charge in [-0.2, -0.15) is 4.52 Å². The molecule has 0 aliphatic carbocycles. The van der Waals surface area contributed by atoms with E-state index in [0.29, 0.717) is 6.54 Å². The molecule has 1 amide bonds. The fraction of sp³-hybridized carbons (Fsp3) is 0.370. The number of aromatic nitrogens is 3. The van der Waals surface area contributed by atoms with Crippen molar-refractivity contribution in [2.24, 2.45) is 0 Å². The molecule has 0 saturated carbocycles. The minimum atomic E-state index is -0.192. The summed E-state index contributed by atoms with van der Waals surface area (Å²) in [5, 5.41) is 12.1. The Morgan fingerprint density at radius 3 is 2.36 bits per heavy atom. The summed E-state index contributed by atoms with van der Waals surface area (Å²) in [4.78, 5) is 20.1. The molecule has 8 nitrogen and oxygen atoms in total. The van der Waals surface area contributed by atoms with Gasteiger partial charge in [-0.1, -0.05) is 42.5 Å². The molecule has 2 aromatic heterocycles. The molecule has 0 aliphatic rings. The zero-order valence-corrected chi connectivity index (χ0v) is 22.6. The maximum atomic E-state index is 12.6. The van der Waals surface area contributed by atoms with Gasteiger partial charge in [0.05, 0.1) is 13.7 Å². The topological polar surface area (TPSA) is 83.8 Å². The molecule has 4 aromatic rings. The quantitative estimate of drug-likeness (QED) is 0.333. The second-order valence-corrected chi connectivity index (χ2v) is 10.7. The van der Waals surface area contributed by atoms with Gasteiger partial charge in [-0.25, -0.2) is 4.98 Å². The van der Waals surface area contributed by atoms with Crippen LogP contribution in [0, 0.1) is 0 Å². The first-order chi connectivity index (χ1) is 17.2. The number of nitrogens with one attached hydrogen (secondary N) is 2. The molecule has 0 fully saturated rings. The maximum Gasteiger partial charge on any atom is 0.239 e. The van der Waals surface area contributed by atoms with Crippen LogP contribution in [-0.2, 0) is 17.8 Å². The van der Waals surface area contributed by atoms with Crippen LogP contribution in [0.5, 0.6) is 5.75 Å². The van der Waals surface area contributed by atoms with Crippen LogP contribution in [0.1, 0.15) is 38.8 Å². The molecular weight excluding hydrogens is 472 g/mol. The molecule has 0 spiro atoms. The molecule has 2 N–H and O–H groups in total. The predicted octanol–water partition coefficient (Wildman–Crippen LogP) is 4.99. The van der Waals surface area contributed by atoms with E-state index < -0.39 is 0 Å². The van der Waals surface area contributed by atoms with E-state index in [1.165, 1.54) is 16.9 Å². The van der Waals surface area contributed by atoms with Crippen molar-refractivity contribution in [3.63, 3.8) is 0 Å². The van der Waals surface area contributed by atoms with Gasteiger partial charge in [0, 0.05) is 24.7 Å². The number of rotatable bonds is 9. The molecule has 0 radical (unpaired) electrons. The average molecular weight is 507 g/mol. The number of fused-ring (bicyclic) bond motifs is 1. The molecular formula is C27H34N6O2S. The molecule has 9 heteroatoms. The highest BCUT2D eigenvalue weighted by molar-refractivity contribution is 7.20. The summed E-state index contributed by atoms with van der Waals surface area (Å²) in [6.45, 7) is 9.14. The fourth-order valence-electron chi connectivity index (χ4n) is 3.74. The fourth-order valence-corrected chi connectivity index (χ4v) is 4.60. The number of hydrogen-bond donors (Lipinski definition) is 2. The van der Waals surface area contributed by atoms with Crippen LogP contribution in [0.25, 0.3) is 16.2 Å². The van der Waals surface area contributed by atoms with Gasteiger partial charge in [0.25, 0.3) is 0 Å². The first-order valence-electron chi connectivity index (χ1n) is 12.0. The van der Waals surface area contributed by atoms with E-state index in [4.69, 9.17) is 14.8 Å². The number of aryl methyl sites for hydroxylation is 1. The molecule has 36 heavy (non-hydrogen) atoms. The molecule has 0 saturated heterocycles. The summed E-state index contributed by atoms with van der Waals surface area (Å²) in [7, 11) is 3.52. The number of likely N-dealkylation sites (N-methyl/N-ethyl adjacent to an activating group) is 1. The van der Waals surface area contributed by atoms with Gasteiger partial charge in [0.15, 0.2) is 5.82 Å². The molecule has 2 aromatic carbocycles. The molecule has 0 unspecified atom stereocenters. The summed E-state index contributed by atoms with van der Waals surface area (Å²) in [5.41, 5.74) is 3.98. The van der Waals surface area contributed by atoms with Gasteiger partial charge < -0.3 is 20.3 Å². The zero-order valence-electron chi connectivity index (χ0n) is 21.8. The number of nitrogens with zero attached hydrogens (tertiary/aromatic N) is 4. The Labute approximate surface area is 216 Å². The van der Waals surface area contributed by atoms with Crippen molar-refractivity contribution < 1.29 is 9.53 Å². The third-order valence-electron chi connectivity index (χ3n) is 5.68. The van der Waals surface area contributed by atoms with Gasteiger partial charge in [0.2, 0.25) is 16.0 Å². The van der Waals surface area contributed by atoms with Crippen molar-refractivity contribution in [1.29, 1.82) is 0 Å². The minimum Gasteiger partial charge on any atom is -0.497 e. The van der Waals surface area contributed by atoms with Crippen molar-refractivity contribution in [3.8, 4) is 17.0 Å². The monoisotopic (exact) mass is 506 g/mol. The van der Waals surface area contributed by atoms with Gasteiger partial charge in [-0.15, -0.1) is 5.10 Å². The van der Waals surface area contributed by atoms with Crippen LogP contribution in [0.4, 0.5) is 10.9 Å². The van der Waals surface area contributed by atoms with E-state index in [9.17, 15) is 4.79 Å². The number of methoxy groups -OCH3 is 1. The summed E-state index contributed by atoms with van der Waals surface area (Å²) in [5.74, 6) is 1.55. The zero-order chi connectivity index (χ0) is 25.9. The number of hydrogen-bond acceptors (Lipinski definition) is 7. The lowest BCUT2D eigenvalue weighted by Gasteiger charge is -2.22. The highest BCUT2D eigenvalue weighted by Crippen LogP contribution is 2.35. The standard InChI is InChI=1S/C27H34N6O2S/c1-7-18-8-10-19(11-9-18)16-28-22(34)17-32(5)26-31-33-24(30-27(2,3)4)23(29-25(33)36-26)20-12-14-21(35-6)15-13-20/h8-15,30H,7,16-17H2,1-6H3,(H,28,34). The van der Waals surface area contributed by atoms with E-state index in [0.717, 1.165) is 44.9 Å². The SMILES string of the molecule is CCc1ccc(CNC(=O)CN(C)c2nn3c(NC(C)(C)C)c(-c4ccc(OC)cc4)nc3s2)cc1. The van der Waals surface area contributed by atoms with Gasteiger partial charge in [-0.05, 0) is 62.6 Å². The third kappa shape index (κ3) is 5.96. The van der Waals surface area contributed by atoms with Crippen molar-refractivity contribution in [3.05, 3.63) is 59.7 Å². The summed E-state index contributed by atoms with van der Waals surface area (Å²) < 4.78 is 7.12. The summed E-state index contributed by atoms with van der Waals surface area (Å²) in [6, 6.07) is 16.1. The second-order valence-electron chi connectivity index (χ2n) is 9.79. The Morgan fingerprint density at radius 2 is 1.75 bits per heavy atom. The normalized spacial score (nSPS) is 11.5. The van der Waals surface area contributed by atoms with Gasteiger partial charge >= 0.3 is 0 Å². The predicted molar refractivity (Wildman–Crippen MR) is 147 cm³/mol. The van der Waals surface area contributed by atoms with Crippen LogP contribution in [0.15, 0.2) is 48.5 Å². The largest absolute Gasteiger partial charge is 0.497 e. The lowest BCUT2D eigenvalue weighted by molar-refractivity contribution is -0.119. The first-order valence-corrected chi connectivity index (χ1v) is 12.9. The molecule has 0 atom stereocenters. The van der Waals surface area contributed by atoms with Crippen LogP contribution < -0.4 is 20.3 Å². The van der Waals surface area contributed by atoms with Crippen molar-refractivity contribution in [2.75, 3.05) is 30.9 Å². The van der Waals surface area contributed by atoms with Gasteiger partial charge in [0.1, 0.15) is 11.4 Å². The van der Waals surface area contributed by atoms with E-state index >= 15 is 0 Å². The van der Waals surface area contributed by atoms with Crippen LogP contribution in [0.2, 0.25) is 0 Å². The first kappa shape index (κ1) is 25.5. The Morgan fingerprint density at radius 1 is 1.08 bits per heavy atom. The number of ether oxygens (including phenoxy) is 1. The Kier molecular flexibility index (Phi) is 7.49. The summed E-state index contributed by atoms with van der Waals surface area (Å²) in [6.07, 6.45) is 1.00. The number of imidazole rings is 1. The van der Waals surface area contributed by atoms with Crippen LogP contribution >= 0.6 is 11.3 Å². The molecule has 190 valence electrons. The van der Waals surface area contributed by atoms with E-state index in [2.05, 4.69) is 62.6 Å². The molecule has 4 rings (SSSR count). The smallest absolute Gasteiger partial charge is 0.239 e. The number of carbonyl (C=O) groups is 1. The highest BCUT2D eigenvalue weighted by atomic mass is 32.1. The van der Waals surface area contributed by atoms with E-state index in [-0.39, 0.29) is 18.0 Å². The lowest BCUT2D eigenvalue weighted by Crippen LogP contribution is -2.34. The Bertz CT molecular complexity index is 1320. The molecule has 0 bridgehead atoms. The van der Waals surface area contributed by atoms with Crippen LogP contribution in [-0.4, -0.2) is 46.7 Å². The number of amides is 1. The Balaban J connectivity index is 1.51. The third-order valence-corrected chi connectivity index (χ3v) is 6.70. The maximum absolute atomic E-state index is 12.6. The highest BCUT2D eigenvalue weighted by Gasteiger charge is 2.23. The number of anilines is 2. The van der Waals surface area contributed by atoms with E-state index in [1.54, 1.807) is 7.11 Å². The van der Waals surface area contributed by atoms with Crippen molar-refractivity contribution >= 4 is 33.2 Å². The molecule has 0 aliphatic heterocycles. The van der Waals surface area contributed by atoms with Crippen molar-refractivity contribution in [1.82, 2.24) is 19.9 Å².